The van der Waals surface area contributed by atoms with Crippen LogP contribution in [-0.4, -0.2) is 41.7 Å². The predicted octanol–water partition coefficient (Wildman–Crippen LogP) is 6.23. The lowest BCUT2D eigenvalue weighted by Gasteiger charge is -2.39. The third-order valence-corrected chi connectivity index (χ3v) is 5.38. The molecular weight excluding hydrogens is 472 g/mol. The van der Waals surface area contributed by atoms with Gasteiger partial charge in [0.1, 0.15) is 17.4 Å². The fraction of sp³-hybridized carbons (Fsp3) is 0.200. The molecule has 0 amide bonds. The van der Waals surface area contributed by atoms with Crippen molar-refractivity contribution in [2.24, 2.45) is 9.98 Å². The van der Waals surface area contributed by atoms with E-state index >= 15 is 0 Å². The summed E-state index contributed by atoms with van der Waals surface area (Å²) >= 11 is 0. The summed E-state index contributed by atoms with van der Waals surface area (Å²) in [5.74, 6) is -0.786. The normalized spacial score (nSPS) is 15.9. The molecule has 1 aliphatic heterocycles. The lowest BCUT2D eigenvalue weighted by atomic mass is 10.0. The summed E-state index contributed by atoms with van der Waals surface area (Å²) in [6.45, 7) is -0.0730. The van der Waals surface area contributed by atoms with E-state index in [1.165, 1.54) is 60.5 Å². The van der Waals surface area contributed by atoms with Crippen molar-refractivity contribution in [1.29, 1.82) is 0 Å². The average molecular weight is 491 g/mol. The third-order valence-electron chi connectivity index (χ3n) is 5.38. The number of amidine groups is 2. The van der Waals surface area contributed by atoms with Crippen LogP contribution < -0.4 is 4.74 Å². The summed E-state index contributed by atoms with van der Waals surface area (Å²) in [7, 11) is 1.34. The number of methoxy groups -OCH3 is 1. The van der Waals surface area contributed by atoms with Crippen LogP contribution in [0.5, 0.6) is 5.75 Å². The Balaban J connectivity index is 2.03. The Morgan fingerprint density at radius 3 is 1.77 bits per heavy atom. The molecule has 3 aromatic carbocycles. The molecule has 0 saturated carbocycles. The molecule has 0 N–H and O–H groups in total. The third kappa shape index (κ3) is 4.60. The molecule has 182 valence electrons. The molecule has 4 rings (SSSR count). The zero-order valence-corrected chi connectivity index (χ0v) is 18.3. The minimum atomic E-state index is -5.85. The molecule has 35 heavy (non-hydrogen) atoms. The first-order valence-electron chi connectivity index (χ1n) is 10.4. The van der Waals surface area contributed by atoms with E-state index in [-0.39, 0.29) is 23.4 Å². The Morgan fingerprint density at radius 1 is 0.714 bits per heavy atom. The summed E-state index contributed by atoms with van der Waals surface area (Å²) in [4.78, 5) is 7.86. The van der Waals surface area contributed by atoms with Crippen molar-refractivity contribution < 1.29 is 31.1 Å². The van der Waals surface area contributed by atoms with E-state index in [9.17, 15) is 26.3 Å². The molecule has 4 nitrogen and oxygen atoms in total. The molecule has 0 aromatic heterocycles. The zero-order valence-electron chi connectivity index (χ0n) is 18.3. The summed E-state index contributed by atoms with van der Waals surface area (Å²) < 4.78 is 90.3. The molecule has 0 atom stereocenters. The van der Waals surface area contributed by atoms with Crippen LogP contribution in [0.25, 0.3) is 0 Å². The van der Waals surface area contributed by atoms with Crippen LogP contribution in [0.4, 0.5) is 26.3 Å². The monoisotopic (exact) mass is 491 g/mol. The standard InChI is InChI=1S/C25H19F6N3O/c1-35-20-14-8-13-19(15-20)22-33-23(24(26,27)28,25(29,30)31)32-21(18-11-6-3-7-12-18)34(22)16-17-9-4-2-5-10-17/h2-15H,16H2,1H3. The van der Waals surface area contributed by atoms with Crippen LogP contribution in [0.15, 0.2) is 94.9 Å². The SMILES string of the molecule is COc1cccc(C2=NC(C(F)(F)F)(C(F)(F)F)N=C(c3ccccc3)N2Cc2ccccc2)c1. The fourth-order valence-electron chi connectivity index (χ4n) is 3.67. The van der Waals surface area contributed by atoms with Gasteiger partial charge in [0.2, 0.25) is 0 Å². The van der Waals surface area contributed by atoms with E-state index in [1.807, 2.05) is 0 Å². The number of nitrogens with zero attached hydrogens (tertiary/aromatic N) is 3. The lowest BCUT2D eigenvalue weighted by Crippen LogP contribution is -2.59. The van der Waals surface area contributed by atoms with E-state index in [2.05, 4.69) is 9.98 Å². The van der Waals surface area contributed by atoms with Crippen LogP contribution in [0.1, 0.15) is 16.7 Å². The molecule has 0 unspecified atom stereocenters. The first kappa shape index (κ1) is 24.3. The van der Waals surface area contributed by atoms with Gasteiger partial charge < -0.3 is 9.64 Å². The van der Waals surface area contributed by atoms with Gasteiger partial charge in [0.05, 0.1) is 13.7 Å². The molecule has 1 aliphatic rings. The Hall–Kier alpha value is -3.82. The number of alkyl halides is 6. The van der Waals surface area contributed by atoms with Crippen LogP contribution in [0.2, 0.25) is 0 Å². The van der Waals surface area contributed by atoms with Crippen molar-refractivity contribution in [3.63, 3.8) is 0 Å². The molecular formula is C25H19F6N3O. The quantitative estimate of drug-likeness (QED) is 0.397. The van der Waals surface area contributed by atoms with Gasteiger partial charge in [-0.05, 0) is 17.7 Å². The maximum absolute atomic E-state index is 14.2. The van der Waals surface area contributed by atoms with Crippen LogP contribution in [-0.2, 0) is 6.54 Å². The van der Waals surface area contributed by atoms with Gasteiger partial charge in [0.25, 0.3) is 0 Å². The topological polar surface area (TPSA) is 37.2 Å². The second-order valence-corrected chi connectivity index (χ2v) is 7.71. The maximum Gasteiger partial charge on any atom is 0.443 e. The van der Waals surface area contributed by atoms with Gasteiger partial charge in [-0.1, -0.05) is 72.8 Å². The summed E-state index contributed by atoms with van der Waals surface area (Å²) in [6, 6.07) is 21.8. The molecule has 0 saturated heterocycles. The highest BCUT2D eigenvalue weighted by Crippen LogP contribution is 2.49. The highest BCUT2D eigenvalue weighted by Gasteiger charge is 2.74. The van der Waals surface area contributed by atoms with Gasteiger partial charge in [-0.25, -0.2) is 9.98 Å². The Labute approximate surface area is 197 Å². The summed E-state index contributed by atoms with van der Waals surface area (Å²) in [5.41, 5.74) is -3.95. The molecule has 10 heteroatoms. The Bertz CT molecular complexity index is 1220. The van der Waals surface area contributed by atoms with Gasteiger partial charge in [-0.2, -0.15) is 26.3 Å². The molecule has 0 spiro atoms. The maximum atomic E-state index is 14.2. The largest absolute Gasteiger partial charge is 0.497 e. The minimum Gasteiger partial charge on any atom is -0.497 e. The van der Waals surface area contributed by atoms with Crippen LogP contribution in [0, 0.1) is 0 Å². The number of benzene rings is 3. The summed E-state index contributed by atoms with van der Waals surface area (Å²) in [5, 5.41) is 0. The zero-order chi connectivity index (χ0) is 25.3. The number of hydrogen-bond donors (Lipinski definition) is 0. The van der Waals surface area contributed by atoms with Crippen molar-refractivity contribution in [3.05, 3.63) is 102 Å². The highest BCUT2D eigenvalue weighted by atomic mass is 19.4. The molecule has 0 bridgehead atoms. The first-order chi connectivity index (χ1) is 16.6. The molecule has 3 aromatic rings. The van der Waals surface area contributed by atoms with Crippen molar-refractivity contribution >= 4 is 11.7 Å². The van der Waals surface area contributed by atoms with Crippen molar-refractivity contribution in [2.45, 2.75) is 24.6 Å². The Morgan fingerprint density at radius 2 is 1.23 bits per heavy atom. The van der Waals surface area contributed by atoms with Gasteiger partial charge >= 0.3 is 18.0 Å². The van der Waals surface area contributed by atoms with E-state index < -0.39 is 29.7 Å². The predicted molar refractivity (Wildman–Crippen MR) is 119 cm³/mol. The second kappa shape index (κ2) is 9.09. The molecule has 0 radical (unpaired) electrons. The Kier molecular flexibility index (Phi) is 6.31. The summed E-state index contributed by atoms with van der Waals surface area (Å²) in [6.07, 6.45) is -11.7. The number of ether oxygens (including phenoxy) is 1. The highest BCUT2D eigenvalue weighted by molar-refractivity contribution is 6.16. The van der Waals surface area contributed by atoms with E-state index in [1.54, 1.807) is 36.4 Å². The van der Waals surface area contributed by atoms with Gasteiger partial charge in [0, 0.05) is 11.1 Å². The van der Waals surface area contributed by atoms with Gasteiger partial charge in [-0.15, -0.1) is 0 Å². The van der Waals surface area contributed by atoms with Gasteiger partial charge in [0.15, 0.2) is 0 Å². The van der Waals surface area contributed by atoms with E-state index in [0.29, 0.717) is 5.56 Å². The lowest BCUT2D eigenvalue weighted by molar-refractivity contribution is -0.293. The van der Waals surface area contributed by atoms with Crippen molar-refractivity contribution in [2.75, 3.05) is 7.11 Å². The molecule has 0 fully saturated rings. The molecule has 0 aliphatic carbocycles. The van der Waals surface area contributed by atoms with E-state index in [0.717, 1.165) is 0 Å². The fourth-order valence-corrected chi connectivity index (χ4v) is 3.67. The van der Waals surface area contributed by atoms with Gasteiger partial charge in [-0.3, -0.25) is 0 Å². The number of rotatable bonds is 5. The number of aliphatic imine (C=N–C) groups is 2. The number of hydrogen-bond acceptors (Lipinski definition) is 4. The first-order valence-corrected chi connectivity index (χ1v) is 10.4. The van der Waals surface area contributed by atoms with Crippen molar-refractivity contribution in [3.8, 4) is 5.75 Å². The second-order valence-electron chi connectivity index (χ2n) is 7.71. The van der Waals surface area contributed by atoms with E-state index in [4.69, 9.17) is 4.74 Å². The van der Waals surface area contributed by atoms with Crippen molar-refractivity contribution in [1.82, 2.24) is 4.90 Å². The number of halogens is 6. The van der Waals surface area contributed by atoms with Crippen LogP contribution in [0.3, 0.4) is 0 Å². The average Bonchev–Trinajstić information content (AvgIpc) is 2.84. The minimum absolute atomic E-state index is 0.0153. The smallest absolute Gasteiger partial charge is 0.443 e. The molecule has 1 heterocycles. The van der Waals surface area contributed by atoms with Crippen LogP contribution >= 0.6 is 0 Å².